The van der Waals surface area contributed by atoms with Gasteiger partial charge in [0.2, 0.25) is 0 Å². The largest absolute Gasteiger partial charge is 0.508 e. The molecule has 2 aromatic carbocycles. The van der Waals surface area contributed by atoms with E-state index < -0.39 is 5.41 Å². The molecule has 0 unspecified atom stereocenters. The average Bonchev–Trinajstić information content (AvgIpc) is 3.04. The SMILES string of the molecule is CC(C)(COc1cc(O)ccc1-c1cccc2c1COC2=O)C(=O)OC1CCC1. The molecule has 0 amide bonds. The molecule has 0 radical (unpaired) electrons. The number of esters is 2. The van der Waals surface area contributed by atoms with Crippen molar-refractivity contribution in [1.29, 1.82) is 0 Å². The van der Waals surface area contributed by atoms with Crippen LogP contribution in [0.3, 0.4) is 0 Å². The molecule has 1 saturated carbocycles. The highest BCUT2D eigenvalue weighted by atomic mass is 16.6. The number of cyclic esters (lactones) is 1. The number of aromatic hydroxyl groups is 1. The number of ether oxygens (including phenoxy) is 3. The lowest BCUT2D eigenvalue weighted by atomic mass is 9.92. The molecule has 0 spiro atoms. The Labute approximate surface area is 169 Å². The van der Waals surface area contributed by atoms with Gasteiger partial charge in [0.15, 0.2) is 0 Å². The zero-order valence-corrected chi connectivity index (χ0v) is 16.6. The van der Waals surface area contributed by atoms with Crippen molar-refractivity contribution in [3.63, 3.8) is 0 Å². The fraction of sp³-hybridized carbons (Fsp3) is 0.391. The number of carbonyl (C=O) groups excluding carboxylic acids is 2. The van der Waals surface area contributed by atoms with E-state index in [0.717, 1.165) is 36.0 Å². The van der Waals surface area contributed by atoms with Crippen LogP contribution in [-0.2, 0) is 20.9 Å². The third-order valence-corrected chi connectivity index (χ3v) is 5.47. The summed E-state index contributed by atoms with van der Waals surface area (Å²) in [7, 11) is 0. The molecular formula is C23H24O6. The van der Waals surface area contributed by atoms with Crippen molar-refractivity contribution >= 4 is 11.9 Å². The maximum absolute atomic E-state index is 12.5. The van der Waals surface area contributed by atoms with Gasteiger partial charge in [0.25, 0.3) is 0 Å². The van der Waals surface area contributed by atoms with Crippen molar-refractivity contribution in [2.45, 2.75) is 45.8 Å². The highest BCUT2D eigenvalue weighted by Crippen LogP contribution is 2.39. The molecule has 152 valence electrons. The lowest BCUT2D eigenvalue weighted by Crippen LogP contribution is -2.37. The van der Waals surface area contributed by atoms with Crippen molar-refractivity contribution in [2.24, 2.45) is 5.41 Å². The second kappa shape index (κ2) is 7.43. The van der Waals surface area contributed by atoms with Crippen molar-refractivity contribution in [3.8, 4) is 22.6 Å². The zero-order valence-electron chi connectivity index (χ0n) is 16.6. The molecule has 1 heterocycles. The van der Waals surface area contributed by atoms with Crippen LogP contribution in [0.4, 0.5) is 0 Å². The van der Waals surface area contributed by atoms with Gasteiger partial charge in [-0.05, 0) is 56.9 Å². The minimum atomic E-state index is -0.837. The first-order chi connectivity index (χ1) is 13.8. The van der Waals surface area contributed by atoms with Crippen LogP contribution in [0, 0.1) is 5.41 Å². The Morgan fingerprint density at radius 1 is 1.17 bits per heavy atom. The maximum Gasteiger partial charge on any atom is 0.338 e. The average molecular weight is 396 g/mol. The third kappa shape index (κ3) is 3.79. The standard InChI is InChI=1S/C23H24O6/c1-23(2,22(26)29-15-5-3-6-15)13-28-20-11-14(24)9-10-17(20)16-7-4-8-18-19(16)12-27-21(18)25/h4,7-11,15,24H,3,5-6,12-13H2,1-2H3. The lowest BCUT2D eigenvalue weighted by Gasteiger charge is -2.30. The number of phenols is 1. The number of fused-ring (bicyclic) bond motifs is 1. The van der Waals surface area contributed by atoms with Gasteiger partial charge in [0.05, 0.1) is 11.0 Å². The minimum Gasteiger partial charge on any atom is -0.508 e. The monoisotopic (exact) mass is 396 g/mol. The van der Waals surface area contributed by atoms with E-state index in [2.05, 4.69) is 0 Å². The topological polar surface area (TPSA) is 82.1 Å². The minimum absolute atomic E-state index is 0.0162. The van der Waals surface area contributed by atoms with Crippen LogP contribution < -0.4 is 4.74 Å². The fourth-order valence-corrected chi connectivity index (χ4v) is 3.37. The summed E-state index contributed by atoms with van der Waals surface area (Å²) < 4.78 is 16.7. The van der Waals surface area contributed by atoms with Gasteiger partial charge < -0.3 is 19.3 Å². The summed E-state index contributed by atoms with van der Waals surface area (Å²) in [6.07, 6.45) is 2.94. The van der Waals surface area contributed by atoms with Gasteiger partial charge in [-0.3, -0.25) is 4.79 Å². The van der Waals surface area contributed by atoms with Crippen LogP contribution in [-0.4, -0.2) is 29.8 Å². The van der Waals surface area contributed by atoms with E-state index >= 15 is 0 Å². The first-order valence-corrected chi connectivity index (χ1v) is 9.81. The van der Waals surface area contributed by atoms with Gasteiger partial charge in [-0.15, -0.1) is 0 Å². The molecule has 4 rings (SSSR count). The van der Waals surface area contributed by atoms with E-state index in [-0.39, 0.29) is 37.0 Å². The third-order valence-electron chi connectivity index (χ3n) is 5.47. The summed E-state index contributed by atoms with van der Waals surface area (Å²) in [4.78, 5) is 24.4. The summed E-state index contributed by atoms with van der Waals surface area (Å²) in [5.74, 6) is -0.146. The first kappa shape index (κ1) is 19.3. The molecule has 0 aromatic heterocycles. The molecule has 1 fully saturated rings. The maximum atomic E-state index is 12.5. The van der Waals surface area contributed by atoms with E-state index in [1.807, 2.05) is 6.07 Å². The van der Waals surface area contributed by atoms with Crippen LogP contribution in [0.25, 0.3) is 11.1 Å². The van der Waals surface area contributed by atoms with E-state index in [4.69, 9.17) is 14.2 Å². The quantitative estimate of drug-likeness (QED) is 0.736. The van der Waals surface area contributed by atoms with Crippen LogP contribution in [0.15, 0.2) is 36.4 Å². The number of benzene rings is 2. The molecule has 6 heteroatoms. The van der Waals surface area contributed by atoms with E-state index in [1.165, 1.54) is 6.07 Å². The number of phenolic OH excluding ortho intramolecular Hbond substituents is 1. The molecule has 1 N–H and O–H groups in total. The van der Waals surface area contributed by atoms with Gasteiger partial charge in [-0.2, -0.15) is 0 Å². The number of carbonyl (C=O) groups is 2. The Morgan fingerprint density at radius 2 is 1.93 bits per heavy atom. The zero-order chi connectivity index (χ0) is 20.6. The normalized spacial score (nSPS) is 16.0. The predicted octanol–water partition coefficient (Wildman–Crippen LogP) is 4.23. The fourth-order valence-electron chi connectivity index (χ4n) is 3.37. The smallest absolute Gasteiger partial charge is 0.338 e. The Bertz CT molecular complexity index is 958. The Morgan fingerprint density at radius 3 is 2.66 bits per heavy atom. The Kier molecular flexibility index (Phi) is 4.94. The second-order valence-corrected chi connectivity index (χ2v) is 8.22. The van der Waals surface area contributed by atoms with Gasteiger partial charge in [-0.1, -0.05) is 12.1 Å². The molecule has 1 aliphatic carbocycles. The second-order valence-electron chi connectivity index (χ2n) is 8.22. The van der Waals surface area contributed by atoms with Gasteiger partial charge in [-0.25, -0.2) is 4.79 Å². The van der Waals surface area contributed by atoms with E-state index in [9.17, 15) is 14.7 Å². The lowest BCUT2D eigenvalue weighted by molar-refractivity contribution is -0.165. The van der Waals surface area contributed by atoms with Crippen LogP contribution in [0.1, 0.15) is 49.0 Å². The molecule has 0 saturated heterocycles. The highest BCUT2D eigenvalue weighted by Gasteiger charge is 2.34. The van der Waals surface area contributed by atoms with Crippen LogP contribution in [0.2, 0.25) is 0 Å². The summed E-state index contributed by atoms with van der Waals surface area (Å²) in [6, 6.07) is 10.2. The number of hydrogen-bond donors (Lipinski definition) is 1. The highest BCUT2D eigenvalue weighted by molar-refractivity contribution is 5.96. The first-order valence-electron chi connectivity index (χ1n) is 9.81. The molecule has 0 atom stereocenters. The molecule has 2 aliphatic rings. The molecule has 1 aliphatic heterocycles. The summed E-state index contributed by atoms with van der Waals surface area (Å²) in [5, 5.41) is 9.97. The molecule has 29 heavy (non-hydrogen) atoms. The molecule has 0 bridgehead atoms. The Balaban J connectivity index is 1.58. The molecular weight excluding hydrogens is 372 g/mol. The van der Waals surface area contributed by atoms with Crippen molar-refractivity contribution in [3.05, 3.63) is 47.5 Å². The van der Waals surface area contributed by atoms with Crippen molar-refractivity contribution in [2.75, 3.05) is 6.61 Å². The summed E-state index contributed by atoms with van der Waals surface area (Å²) in [5.41, 5.74) is 2.01. The van der Waals surface area contributed by atoms with Crippen molar-refractivity contribution in [1.82, 2.24) is 0 Å². The van der Waals surface area contributed by atoms with Gasteiger partial charge in [0.1, 0.15) is 30.8 Å². The number of hydrogen-bond acceptors (Lipinski definition) is 6. The molecule has 6 nitrogen and oxygen atoms in total. The van der Waals surface area contributed by atoms with Crippen molar-refractivity contribution < 1.29 is 28.9 Å². The van der Waals surface area contributed by atoms with Crippen LogP contribution >= 0.6 is 0 Å². The summed E-state index contributed by atoms with van der Waals surface area (Å²) >= 11 is 0. The van der Waals surface area contributed by atoms with E-state index in [0.29, 0.717) is 11.3 Å². The molecule has 2 aromatic rings. The van der Waals surface area contributed by atoms with Crippen LogP contribution in [0.5, 0.6) is 11.5 Å². The van der Waals surface area contributed by atoms with Gasteiger partial charge >= 0.3 is 11.9 Å². The predicted molar refractivity (Wildman–Crippen MR) is 106 cm³/mol. The Hall–Kier alpha value is -3.02. The van der Waals surface area contributed by atoms with Gasteiger partial charge in [0, 0.05) is 17.2 Å². The number of rotatable bonds is 6. The summed E-state index contributed by atoms with van der Waals surface area (Å²) in [6.45, 7) is 3.86. The van der Waals surface area contributed by atoms with E-state index in [1.54, 1.807) is 38.1 Å².